The maximum absolute atomic E-state index is 13.7. The van der Waals surface area contributed by atoms with Crippen molar-refractivity contribution in [2.45, 2.75) is 26.3 Å². The van der Waals surface area contributed by atoms with E-state index in [0.717, 1.165) is 48.3 Å². The first-order valence-corrected chi connectivity index (χ1v) is 18.6. The molecule has 272 valence electrons. The van der Waals surface area contributed by atoms with Crippen molar-refractivity contribution in [1.82, 2.24) is 14.7 Å². The Kier molecular flexibility index (Phi) is 14.2. The molecule has 13 heteroatoms. The number of morpholine rings is 1. The molecule has 0 radical (unpaired) electrons. The van der Waals surface area contributed by atoms with Crippen LogP contribution in [0.25, 0.3) is 17.2 Å². The second kappa shape index (κ2) is 18.7. The van der Waals surface area contributed by atoms with E-state index in [1.165, 1.54) is 11.8 Å². The number of amides is 1. The number of likely N-dealkylation sites (N-methyl/N-ethyl adjacent to an activating group) is 1. The van der Waals surface area contributed by atoms with Crippen molar-refractivity contribution in [2.24, 2.45) is 0 Å². The van der Waals surface area contributed by atoms with Gasteiger partial charge in [0.05, 0.1) is 41.9 Å². The molecule has 0 saturated carbocycles. The normalized spacial score (nSPS) is 15.9. The van der Waals surface area contributed by atoms with Crippen LogP contribution in [-0.4, -0.2) is 109 Å². The van der Waals surface area contributed by atoms with Crippen LogP contribution in [0.2, 0.25) is 5.02 Å². The molecular weight excluding hydrogens is 710 g/mol. The lowest BCUT2D eigenvalue weighted by molar-refractivity contribution is -0.122. The predicted molar refractivity (Wildman–Crippen MR) is 206 cm³/mol. The van der Waals surface area contributed by atoms with Gasteiger partial charge in [0.2, 0.25) is 0 Å². The Labute approximate surface area is 314 Å². The van der Waals surface area contributed by atoms with Gasteiger partial charge in [-0.15, -0.1) is 0 Å². The van der Waals surface area contributed by atoms with Gasteiger partial charge in [-0.25, -0.2) is 4.79 Å². The number of thiocarbonyl (C=S) groups is 1. The molecule has 0 atom stereocenters. The average Bonchev–Trinajstić information content (AvgIpc) is 3.38. The van der Waals surface area contributed by atoms with E-state index in [9.17, 15) is 14.7 Å². The molecule has 0 spiro atoms. The van der Waals surface area contributed by atoms with Crippen LogP contribution in [0.15, 0.2) is 59.5 Å². The van der Waals surface area contributed by atoms with Crippen molar-refractivity contribution < 1.29 is 33.6 Å². The Morgan fingerprint density at radius 3 is 2.37 bits per heavy atom. The number of carboxylic acids is 1. The molecule has 51 heavy (non-hydrogen) atoms. The van der Waals surface area contributed by atoms with Crippen molar-refractivity contribution in [2.75, 3.05) is 73.3 Å². The number of aromatic carboxylic acids is 1. The zero-order valence-electron chi connectivity index (χ0n) is 29.2. The van der Waals surface area contributed by atoms with E-state index in [4.69, 9.17) is 42.8 Å². The molecule has 10 nitrogen and oxygen atoms in total. The van der Waals surface area contributed by atoms with Crippen LogP contribution in [-0.2, 0) is 16.1 Å². The van der Waals surface area contributed by atoms with Crippen molar-refractivity contribution >= 4 is 57.9 Å². The Morgan fingerprint density at radius 2 is 1.67 bits per heavy atom. The Balaban J connectivity index is 1.28. The highest BCUT2D eigenvalue weighted by molar-refractivity contribution is 8.26. The van der Waals surface area contributed by atoms with Gasteiger partial charge in [-0.3, -0.25) is 14.6 Å². The number of hydrogen-bond donors (Lipinski definition) is 1. The third-order valence-corrected chi connectivity index (χ3v) is 9.95. The maximum Gasteiger partial charge on any atom is 0.335 e. The molecule has 5 rings (SSSR count). The molecule has 0 aliphatic carbocycles. The average molecular weight is 754 g/mol. The van der Waals surface area contributed by atoms with E-state index in [-0.39, 0.29) is 11.5 Å². The summed E-state index contributed by atoms with van der Waals surface area (Å²) in [6, 6.07) is 16.5. The van der Waals surface area contributed by atoms with Crippen LogP contribution in [0.3, 0.4) is 0 Å². The lowest BCUT2D eigenvalue weighted by Gasteiger charge is -2.27. The Morgan fingerprint density at radius 1 is 0.980 bits per heavy atom. The first kappa shape index (κ1) is 38.6. The van der Waals surface area contributed by atoms with Crippen LogP contribution < -0.4 is 14.2 Å². The molecule has 0 unspecified atom stereocenters. The lowest BCUT2D eigenvalue weighted by atomic mass is 10.0. The van der Waals surface area contributed by atoms with E-state index >= 15 is 0 Å². The third-order valence-electron chi connectivity index (χ3n) is 8.28. The molecule has 1 amide bonds. The van der Waals surface area contributed by atoms with Gasteiger partial charge in [0.25, 0.3) is 5.91 Å². The van der Waals surface area contributed by atoms with Crippen molar-refractivity contribution in [1.29, 1.82) is 0 Å². The fourth-order valence-electron chi connectivity index (χ4n) is 5.54. The standard InChI is InChI=1S/C38H44ClN3O7S2/c1-4-16-47-34-11-7-27(23-31(34)39)26-6-9-32(49-20-13-40(2)3)29(21-26)24-35-36(43)42(38(50)51-35)12-5-17-48-33-10-8-28(37(44)45)22-30(33)25-41-14-18-46-19-15-41/h6-11,21-24H,4-5,12-20,25H2,1-3H3,(H,44,45). The number of nitrogens with zero attached hydrogens (tertiary/aromatic N) is 3. The smallest absolute Gasteiger partial charge is 0.335 e. The predicted octanol–water partition coefficient (Wildman–Crippen LogP) is 6.94. The second-order valence-electron chi connectivity index (χ2n) is 12.4. The molecule has 2 aliphatic rings. The highest BCUT2D eigenvalue weighted by atomic mass is 35.5. The molecule has 2 aliphatic heterocycles. The molecule has 2 heterocycles. The van der Waals surface area contributed by atoms with E-state index in [2.05, 4.69) is 4.90 Å². The lowest BCUT2D eigenvalue weighted by Crippen LogP contribution is -2.35. The van der Waals surface area contributed by atoms with Gasteiger partial charge in [-0.05, 0) is 86.6 Å². The molecule has 3 aromatic carbocycles. The topological polar surface area (TPSA) is 101 Å². The van der Waals surface area contributed by atoms with Gasteiger partial charge in [0, 0.05) is 43.9 Å². The number of halogens is 1. The van der Waals surface area contributed by atoms with Gasteiger partial charge in [-0.1, -0.05) is 54.6 Å². The van der Waals surface area contributed by atoms with Gasteiger partial charge >= 0.3 is 5.97 Å². The summed E-state index contributed by atoms with van der Waals surface area (Å²) in [5, 5.41) is 10.1. The van der Waals surface area contributed by atoms with Gasteiger partial charge in [0.1, 0.15) is 28.2 Å². The minimum Gasteiger partial charge on any atom is -0.493 e. The Bertz CT molecular complexity index is 1750. The minimum absolute atomic E-state index is 0.172. The fourth-order valence-corrected chi connectivity index (χ4v) is 7.07. The molecule has 1 N–H and O–H groups in total. The van der Waals surface area contributed by atoms with Crippen molar-refractivity contribution in [3.05, 3.63) is 81.2 Å². The zero-order chi connectivity index (χ0) is 36.3. The van der Waals surface area contributed by atoms with Crippen LogP contribution in [0.4, 0.5) is 0 Å². The van der Waals surface area contributed by atoms with Crippen LogP contribution >= 0.6 is 35.6 Å². The van der Waals surface area contributed by atoms with Crippen LogP contribution in [0, 0.1) is 0 Å². The first-order valence-electron chi connectivity index (χ1n) is 17.0. The molecular formula is C38H44ClN3O7S2. The number of carbonyl (C=O) groups excluding carboxylic acids is 1. The highest BCUT2D eigenvalue weighted by Gasteiger charge is 2.32. The summed E-state index contributed by atoms with van der Waals surface area (Å²) in [5.74, 6) is 0.777. The van der Waals surface area contributed by atoms with Crippen LogP contribution in [0.1, 0.15) is 41.3 Å². The number of thioether (sulfide) groups is 1. The molecule has 0 bridgehead atoms. The molecule has 3 aromatic rings. The fraction of sp³-hybridized carbons (Fsp3) is 0.395. The summed E-state index contributed by atoms with van der Waals surface area (Å²) < 4.78 is 24.0. The summed E-state index contributed by atoms with van der Waals surface area (Å²) in [6.07, 6.45) is 3.26. The largest absolute Gasteiger partial charge is 0.493 e. The number of rotatable bonds is 17. The van der Waals surface area contributed by atoms with E-state index in [1.807, 2.05) is 68.4 Å². The maximum atomic E-state index is 13.7. The minimum atomic E-state index is -0.984. The second-order valence-corrected chi connectivity index (χ2v) is 14.5. The summed E-state index contributed by atoms with van der Waals surface area (Å²) in [5.41, 5.74) is 3.61. The van der Waals surface area contributed by atoms with Gasteiger partial charge in [-0.2, -0.15) is 0 Å². The zero-order valence-corrected chi connectivity index (χ0v) is 31.6. The quantitative estimate of drug-likeness (QED) is 0.0882. The van der Waals surface area contributed by atoms with Crippen LogP contribution in [0.5, 0.6) is 17.2 Å². The van der Waals surface area contributed by atoms with Crippen molar-refractivity contribution in [3.8, 4) is 28.4 Å². The summed E-state index contributed by atoms with van der Waals surface area (Å²) in [4.78, 5) is 31.7. The monoisotopic (exact) mass is 753 g/mol. The SMILES string of the molecule is CCCOc1ccc(-c2ccc(OCCN(C)C)c(C=C3SC(=S)N(CCCOc4ccc(C(=O)O)cc4CN4CCOCC4)C3=O)c2)cc1Cl. The van der Waals surface area contributed by atoms with Gasteiger partial charge in [0.15, 0.2) is 0 Å². The van der Waals surface area contributed by atoms with E-state index < -0.39 is 5.97 Å². The molecule has 2 saturated heterocycles. The third kappa shape index (κ3) is 10.7. The summed E-state index contributed by atoms with van der Waals surface area (Å²) in [6.45, 7) is 7.94. The van der Waals surface area contributed by atoms with Gasteiger partial charge < -0.3 is 29.0 Å². The summed E-state index contributed by atoms with van der Waals surface area (Å²) in [7, 11) is 3.97. The van der Waals surface area contributed by atoms with Crippen molar-refractivity contribution in [3.63, 3.8) is 0 Å². The molecule has 0 aromatic heterocycles. The Hall–Kier alpha value is -3.65. The summed E-state index contributed by atoms with van der Waals surface area (Å²) >= 11 is 13.5. The number of carbonyl (C=O) groups is 2. The number of carboxylic acid groups (broad SMARTS) is 1. The van der Waals surface area contributed by atoms with E-state index in [1.54, 1.807) is 23.1 Å². The van der Waals surface area contributed by atoms with E-state index in [0.29, 0.717) is 84.0 Å². The first-order chi connectivity index (χ1) is 24.6. The molecule has 2 fully saturated rings. The highest BCUT2D eigenvalue weighted by Crippen LogP contribution is 2.37. The number of benzene rings is 3. The number of hydrogen-bond acceptors (Lipinski definition) is 10. The number of ether oxygens (including phenoxy) is 4.